The van der Waals surface area contributed by atoms with Gasteiger partial charge in [0.05, 0.1) is 13.5 Å². The first-order valence-corrected chi connectivity index (χ1v) is 7.76. The molecule has 0 spiro atoms. The molecule has 0 radical (unpaired) electrons. The summed E-state index contributed by atoms with van der Waals surface area (Å²) in [5.74, 6) is -0.414. The summed E-state index contributed by atoms with van der Waals surface area (Å²) < 4.78 is 15.3. The van der Waals surface area contributed by atoms with E-state index < -0.39 is 11.9 Å². The van der Waals surface area contributed by atoms with Crippen LogP contribution in [0.4, 0.5) is 0 Å². The van der Waals surface area contributed by atoms with Crippen molar-refractivity contribution in [2.45, 2.75) is 19.6 Å². The van der Waals surface area contributed by atoms with Crippen molar-refractivity contribution in [3.63, 3.8) is 0 Å². The summed E-state index contributed by atoms with van der Waals surface area (Å²) >= 11 is 0. The second-order valence-electron chi connectivity index (χ2n) is 5.35. The van der Waals surface area contributed by atoms with E-state index in [1.807, 2.05) is 30.3 Å². The molecule has 2 rings (SSSR count). The topological polar surface area (TPSA) is 61.8 Å². The summed E-state index contributed by atoms with van der Waals surface area (Å²) in [4.78, 5) is 23.7. The lowest BCUT2D eigenvalue weighted by Gasteiger charge is -2.08. The van der Waals surface area contributed by atoms with E-state index >= 15 is 0 Å². The summed E-state index contributed by atoms with van der Waals surface area (Å²) in [6, 6.07) is 16.4. The van der Waals surface area contributed by atoms with Crippen molar-refractivity contribution in [2.75, 3.05) is 7.11 Å². The van der Waals surface area contributed by atoms with Gasteiger partial charge in [0.1, 0.15) is 19.0 Å². The van der Waals surface area contributed by atoms with Gasteiger partial charge in [-0.3, -0.25) is 4.79 Å². The number of hydrogen-bond donors (Lipinski definition) is 0. The molecule has 0 aliphatic rings. The lowest BCUT2D eigenvalue weighted by atomic mass is 10.2. The quantitative estimate of drug-likeness (QED) is 0.544. The molecule has 0 saturated heterocycles. The Labute approximate surface area is 146 Å². The molecule has 2 aromatic rings. The van der Waals surface area contributed by atoms with Gasteiger partial charge >= 0.3 is 11.9 Å². The normalized spacial score (nSPS) is 9.96. The van der Waals surface area contributed by atoms with Crippen molar-refractivity contribution >= 4 is 11.9 Å². The number of benzene rings is 2. The zero-order chi connectivity index (χ0) is 18.1. The van der Waals surface area contributed by atoms with Gasteiger partial charge < -0.3 is 14.2 Å². The van der Waals surface area contributed by atoms with Gasteiger partial charge in [-0.25, -0.2) is 4.79 Å². The molecule has 0 N–H and O–H groups in total. The summed E-state index contributed by atoms with van der Waals surface area (Å²) in [5, 5.41) is 0. The van der Waals surface area contributed by atoms with E-state index in [1.54, 1.807) is 31.4 Å². The van der Waals surface area contributed by atoms with Crippen molar-refractivity contribution in [1.82, 2.24) is 0 Å². The SMILES string of the molecule is C=C(CC(=O)OCc1ccccc1)C(=O)OCc1ccc(OC)cc1. The lowest BCUT2D eigenvalue weighted by Crippen LogP contribution is -2.13. The molecule has 25 heavy (non-hydrogen) atoms. The summed E-state index contributed by atoms with van der Waals surface area (Å²) in [6.45, 7) is 3.85. The fraction of sp³-hybridized carbons (Fsp3) is 0.200. The van der Waals surface area contributed by atoms with Crippen molar-refractivity contribution in [3.05, 3.63) is 77.9 Å². The first-order valence-electron chi connectivity index (χ1n) is 7.76. The molecular weight excluding hydrogens is 320 g/mol. The highest BCUT2D eigenvalue weighted by Crippen LogP contribution is 2.13. The Hall–Kier alpha value is -3.08. The second-order valence-corrected chi connectivity index (χ2v) is 5.35. The molecule has 0 amide bonds. The van der Waals surface area contributed by atoms with Crippen LogP contribution in [0.1, 0.15) is 17.5 Å². The molecule has 5 heteroatoms. The van der Waals surface area contributed by atoms with Crippen LogP contribution in [0.2, 0.25) is 0 Å². The third-order valence-corrected chi connectivity index (χ3v) is 3.42. The van der Waals surface area contributed by atoms with Gasteiger partial charge in [0.25, 0.3) is 0 Å². The van der Waals surface area contributed by atoms with Gasteiger partial charge in [-0.15, -0.1) is 0 Å². The van der Waals surface area contributed by atoms with Gasteiger partial charge in [-0.1, -0.05) is 49.0 Å². The zero-order valence-electron chi connectivity index (χ0n) is 14.1. The lowest BCUT2D eigenvalue weighted by molar-refractivity contribution is -0.147. The van der Waals surface area contributed by atoms with E-state index in [4.69, 9.17) is 14.2 Å². The fourth-order valence-electron chi connectivity index (χ4n) is 2.01. The van der Waals surface area contributed by atoms with Gasteiger partial charge in [-0.05, 0) is 23.3 Å². The molecule has 0 atom stereocenters. The number of methoxy groups -OCH3 is 1. The highest BCUT2D eigenvalue weighted by molar-refractivity contribution is 5.93. The summed E-state index contributed by atoms with van der Waals surface area (Å²) in [5.41, 5.74) is 1.75. The minimum Gasteiger partial charge on any atom is -0.497 e. The Kier molecular flexibility index (Phi) is 6.77. The van der Waals surface area contributed by atoms with Crippen molar-refractivity contribution in [3.8, 4) is 5.75 Å². The second kappa shape index (κ2) is 9.27. The Morgan fingerprint density at radius 2 is 1.48 bits per heavy atom. The number of carbonyl (C=O) groups excluding carboxylic acids is 2. The minimum absolute atomic E-state index is 0.0616. The first-order chi connectivity index (χ1) is 12.1. The van der Waals surface area contributed by atoms with Crippen LogP contribution in [0.25, 0.3) is 0 Å². The largest absolute Gasteiger partial charge is 0.497 e. The van der Waals surface area contributed by atoms with Crippen LogP contribution in [0.5, 0.6) is 5.75 Å². The summed E-state index contributed by atoms with van der Waals surface area (Å²) in [7, 11) is 1.58. The molecule has 0 aromatic heterocycles. The monoisotopic (exact) mass is 340 g/mol. The van der Waals surface area contributed by atoms with E-state index in [1.165, 1.54) is 0 Å². The number of rotatable bonds is 8. The highest BCUT2D eigenvalue weighted by Gasteiger charge is 2.14. The van der Waals surface area contributed by atoms with Crippen LogP contribution < -0.4 is 4.74 Å². The smallest absolute Gasteiger partial charge is 0.334 e. The van der Waals surface area contributed by atoms with Crippen molar-refractivity contribution in [1.29, 1.82) is 0 Å². The van der Waals surface area contributed by atoms with Gasteiger partial charge in [0.15, 0.2) is 0 Å². The number of carbonyl (C=O) groups is 2. The predicted molar refractivity (Wildman–Crippen MR) is 92.8 cm³/mol. The number of esters is 2. The molecule has 0 aliphatic heterocycles. The van der Waals surface area contributed by atoms with Crippen LogP contribution in [0.3, 0.4) is 0 Å². The molecule has 0 saturated carbocycles. The predicted octanol–water partition coefficient (Wildman–Crippen LogP) is 3.43. The average Bonchev–Trinajstić information content (AvgIpc) is 2.65. The summed E-state index contributed by atoms with van der Waals surface area (Å²) in [6.07, 6.45) is -0.200. The van der Waals surface area contributed by atoms with Crippen LogP contribution in [-0.2, 0) is 32.3 Å². The maximum absolute atomic E-state index is 11.9. The molecular formula is C20H20O5. The molecule has 130 valence electrons. The molecule has 0 unspecified atom stereocenters. The zero-order valence-corrected chi connectivity index (χ0v) is 14.1. The van der Waals surface area contributed by atoms with E-state index in [0.717, 1.165) is 16.9 Å². The molecule has 5 nitrogen and oxygen atoms in total. The standard InChI is InChI=1S/C20H20O5/c1-15(12-19(21)24-13-16-6-4-3-5-7-16)20(22)25-14-17-8-10-18(23-2)11-9-17/h3-11H,1,12-14H2,2H3. The maximum atomic E-state index is 11.9. The van der Waals surface area contributed by atoms with Crippen LogP contribution in [0.15, 0.2) is 66.7 Å². The Morgan fingerprint density at radius 1 is 0.880 bits per heavy atom. The molecule has 0 aliphatic carbocycles. The van der Waals surface area contributed by atoms with Gasteiger partial charge in [0.2, 0.25) is 0 Å². The van der Waals surface area contributed by atoms with Gasteiger partial charge in [-0.2, -0.15) is 0 Å². The Balaban J connectivity index is 1.73. The van der Waals surface area contributed by atoms with Gasteiger partial charge in [0, 0.05) is 5.57 Å². The third kappa shape index (κ3) is 6.14. The Morgan fingerprint density at radius 3 is 2.12 bits per heavy atom. The minimum atomic E-state index is -0.618. The van der Waals surface area contributed by atoms with E-state index in [2.05, 4.69) is 6.58 Å². The highest BCUT2D eigenvalue weighted by atomic mass is 16.5. The maximum Gasteiger partial charge on any atom is 0.334 e. The molecule has 0 heterocycles. The van der Waals surface area contributed by atoms with Crippen LogP contribution in [-0.4, -0.2) is 19.0 Å². The molecule has 0 bridgehead atoms. The third-order valence-electron chi connectivity index (χ3n) is 3.42. The number of ether oxygens (including phenoxy) is 3. The molecule has 0 fully saturated rings. The fourth-order valence-corrected chi connectivity index (χ4v) is 2.01. The van der Waals surface area contributed by atoms with E-state index in [0.29, 0.717) is 0 Å². The van der Waals surface area contributed by atoms with Crippen LogP contribution in [0, 0.1) is 0 Å². The average molecular weight is 340 g/mol. The Bertz CT molecular complexity index is 720. The number of hydrogen-bond acceptors (Lipinski definition) is 5. The van der Waals surface area contributed by atoms with E-state index in [-0.39, 0.29) is 25.2 Å². The van der Waals surface area contributed by atoms with Crippen LogP contribution >= 0.6 is 0 Å². The first kappa shape index (κ1) is 18.3. The van der Waals surface area contributed by atoms with Crippen molar-refractivity contribution in [2.24, 2.45) is 0 Å². The molecule has 2 aromatic carbocycles. The van der Waals surface area contributed by atoms with Crippen molar-refractivity contribution < 1.29 is 23.8 Å². The van der Waals surface area contributed by atoms with E-state index in [9.17, 15) is 9.59 Å².